The molecule has 0 amide bonds. The first-order chi connectivity index (χ1) is 10.0. The lowest BCUT2D eigenvalue weighted by Gasteiger charge is -2.32. The van der Waals surface area contributed by atoms with Gasteiger partial charge in [0, 0.05) is 12.5 Å². The van der Waals surface area contributed by atoms with Crippen molar-refractivity contribution in [2.75, 3.05) is 13.2 Å². The van der Waals surface area contributed by atoms with Crippen LogP contribution in [-0.4, -0.2) is 36.1 Å². The molecule has 0 saturated carbocycles. The predicted molar refractivity (Wildman–Crippen MR) is 71.7 cm³/mol. The van der Waals surface area contributed by atoms with Gasteiger partial charge in [0.15, 0.2) is 0 Å². The number of rotatable bonds is 5. The van der Waals surface area contributed by atoms with E-state index in [4.69, 9.17) is 9.57 Å². The van der Waals surface area contributed by atoms with Crippen LogP contribution >= 0.6 is 0 Å². The van der Waals surface area contributed by atoms with Crippen molar-refractivity contribution in [3.05, 3.63) is 35.6 Å². The first-order valence-electron chi connectivity index (χ1n) is 6.43. The van der Waals surface area contributed by atoms with Crippen LogP contribution in [-0.2, 0) is 24.9 Å². The second-order valence-electron chi connectivity index (χ2n) is 4.49. The summed E-state index contributed by atoms with van der Waals surface area (Å²) >= 11 is 0. The van der Waals surface area contributed by atoms with Crippen LogP contribution in [0, 0.1) is 5.82 Å². The summed E-state index contributed by atoms with van der Waals surface area (Å²) in [6, 6.07) is 5.56. The van der Waals surface area contributed by atoms with Gasteiger partial charge in [0.05, 0.1) is 13.2 Å². The largest absolute Gasteiger partial charge is 0.460 e. The lowest BCUT2D eigenvalue weighted by Crippen LogP contribution is -2.47. The topological polar surface area (TPSA) is 68.2 Å². The van der Waals surface area contributed by atoms with Gasteiger partial charge >= 0.3 is 5.97 Å². The first kappa shape index (κ1) is 15.0. The van der Waals surface area contributed by atoms with Gasteiger partial charge in [-0.05, 0) is 19.1 Å². The number of aldehydes is 1. The summed E-state index contributed by atoms with van der Waals surface area (Å²) < 4.78 is 17.9. The highest BCUT2D eigenvalue weighted by molar-refractivity contribution is 6.35. The van der Waals surface area contributed by atoms with Crippen LogP contribution in [0.25, 0.3) is 0 Å². The summed E-state index contributed by atoms with van der Waals surface area (Å²) in [5.74, 6) is -1.16. The van der Waals surface area contributed by atoms with Crippen LogP contribution < -0.4 is 0 Å². The maximum Gasteiger partial charge on any atom is 0.377 e. The summed E-state index contributed by atoms with van der Waals surface area (Å²) in [6.45, 7) is 3.38. The number of nitrogens with zero attached hydrogens (tertiary/aromatic N) is 2. The minimum atomic E-state index is -1.17. The van der Waals surface area contributed by atoms with Gasteiger partial charge in [-0.3, -0.25) is 4.90 Å². The van der Waals surface area contributed by atoms with Crippen molar-refractivity contribution in [1.82, 2.24) is 4.90 Å². The Morgan fingerprint density at radius 3 is 2.71 bits per heavy atom. The molecule has 1 aromatic carbocycles. The van der Waals surface area contributed by atoms with Gasteiger partial charge in [-0.15, -0.1) is 0 Å². The molecule has 21 heavy (non-hydrogen) atoms. The highest BCUT2D eigenvalue weighted by atomic mass is 19.1. The van der Waals surface area contributed by atoms with Crippen molar-refractivity contribution in [3.8, 4) is 0 Å². The van der Waals surface area contributed by atoms with Gasteiger partial charge in [-0.1, -0.05) is 17.3 Å². The summed E-state index contributed by atoms with van der Waals surface area (Å²) in [6.07, 6.45) is 0.630. The van der Waals surface area contributed by atoms with Gasteiger partial charge < -0.3 is 14.4 Å². The second kappa shape index (κ2) is 5.90. The Labute approximate surface area is 121 Å². The van der Waals surface area contributed by atoms with Gasteiger partial charge in [-0.25, -0.2) is 9.18 Å². The molecule has 1 aliphatic rings. The Hall–Kier alpha value is -2.44. The molecule has 1 aliphatic heterocycles. The maximum atomic E-state index is 13.0. The number of oxime groups is 1. The first-order valence-corrected chi connectivity index (χ1v) is 6.43. The Morgan fingerprint density at radius 2 is 2.14 bits per heavy atom. The Balaban J connectivity index is 2.34. The highest BCUT2D eigenvalue weighted by Crippen LogP contribution is 2.34. The Morgan fingerprint density at radius 1 is 1.48 bits per heavy atom. The smallest absolute Gasteiger partial charge is 0.377 e. The van der Waals surface area contributed by atoms with Crippen molar-refractivity contribution in [1.29, 1.82) is 0 Å². The molecule has 6 nitrogen and oxygen atoms in total. The van der Waals surface area contributed by atoms with E-state index in [-0.39, 0.29) is 19.0 Å². The standard InChI is InChI=1S/C14H15FN2O4/c1-3-20-13(19)12-16-21-14(2,17(12)8-9-18)10-4-6-11(15)7-5-10/h4-7,9H,3,8H2,1-2H3. The number of hydrogen-bond acceptors (Lipinski definition) is 6. The fourth-order valence-corrected chi connectivity index (χ4v) is 2.08. The van der Waals surface area contributed by atoms with E-state index in [1.165, 1.54) is 29.2 Å². The lowest BCUT2D eigenvalue weighted by atomic mass is 10.0. The zero-order valence-electron chi connectivity index (χ0n) is 11.7. The van der Waals surface area contributed by atoms with E-state index in [2.05, 4.69) is 5.16 Å². The number of carbonyl (C=O) groups is 2. The van der Waals surface area contributed by atoms with Crippen molar-refractivity contribution < 1.29 is 23.6 Å². The van der Waals surface area contributed by atoms with Crippen LogP contribution in [0.2, 0.25) is 0 Å². The lowest BCUT2D eigenvalue weighted by molar-refractivity contribution is -0.136. The molecule has 0 N–H and O–H groups in total. The summed E-state index contributed by atoms with van der Waals surface area (Å²) in [7, 11) is 0. The average molecular weight is 294 g/mol. The van der Waals surface area contributed by atoms with Crippen LogP contribution in [0.1, 0.15) is 19.4 Å². The number of ether oxygens (including phenoxy) is 1. The third kappa shape index (κ3) is 2.72. The molecule has 1 aromatic rings. The van der Waals surface area contributed by atoms with Crippen molar-refractivity contribution in [3.63, 3.8) is 0 Å². The van der Waals surface area contributed by atoms with E-state index < -0.39 is 17.5 Å². The fraction of sp³-hybridized carbons (Fsp3) is 0.357. The van der Waals surface area contributed by atoms with Gasteiger partial charge in [0.2, 0.25) is 5.72 Å². The molecule has 0 aliphatic carbocycles. The summed E-state index contributed by atoms with van der Waals surface area (Å²) in [5, 5.41) is 3.72. The molecule has 0 fully saturated rings. The number of benzene rings is 1. The molecule has 1 atom stereocenters. The van der Waals surface area contributed by atoms with Crippen LogP contribution in [0.5, 0.6) is 0 Å². The molecule has 7 heteroatoms. The van der Waals surface area contributed by atoms with Crippen LogP contribution in [0.4, 0.5) is 4.39 Å². The number of hydrogen-bond donors (Lipinski definition) is 0. The molecule has 0 bridgehead atoms. The van der Waals surface area contributed by atoms with Crippen LogP contribution in [0.3, 0.4) is 0 Å². The number of esters is 1. The number of amidine groups is 1. The van der Waals surface area contributed by atoms with E-state index >= 15 is 0 Å². The minimum absolute atomic E-state index is 0.0872. The highest BCUT2D eigenvalue weighted by Gasteiger charge is 2.46. The molecular formula is C14H15FN2O4. The zero-order chi connectivity index (χ0) is 15.5. The monoisotopic (exact) mass is 294 g/mol. The minimum Gasteiger partial charge on any atom is -0.460 e. The Bertz CT molecular complexity index is 573. The molecule has 2 rings (SSSR count). The Kier molecular flexibility index (Phi) is 4.21. The number of halogens is 1. The van der Waals surface area contributed by atoms with Crippen LogP contribution in [0.15, 0.2) is 29.4 Å². The molecule has 0 radical (unpaired) electrons. The van der Waals surface area contributed by atoms with Gasteiger partial charge in [0.25, 0.3) is 5.84 Å². The van der Waals surface area contributed by atoms with Crippen molar-refractivity contribution in [2.24, 2.45) is 5.16 Å². The SMILES string of the molecule is CCOC(=O)C1=NOC(C)(c2ccc(F)cc2)N1CC=O. The van der Waals surface area contributed by atoms with E-state index in [1.54, 1.807) is 13.8 Å². The van der Waals surface area contributed by atoms with Gasteiger partial charge in [0.1, 0.15) is 12.1 Å². The van der Waals surface area contributed by atoms with E-state index in [1.807, 2.05) is 0 Å². The molecule has 0 aromatic heterocycles. The zero-order valence-corrected chi connectivity index (χ0v) is 11.7. The fourth-order valence-electron chi connectivity index (χ4n) is 2.08. The van der Waals surface area contributed by atoms with E-state index in [0.717, 1.165) is 0 Å². The third-order valence-corrected chi connectivity index (χ3v) is 3.18. The van der Waals surface area contributed by atoms with Crippen molar-refractivity contribution in [2.45, 2.75) is 19.6 Å². The molecule has 0 saturated heterocycles. The molecule has 1 heterocycles. The van der Waals surface area contributed by atoms with E-state index in [0.29, 0.717) is 11.8 Å². The molecular weight excluding hydrogens is 279 g/mol. The maximum absolute atomic E-state index is 13.0. The number of carbonyl (C=O) groups excluding carboxylic acids is 2. The predicted octanol–water partition coefficient (Wildman–Crippen LogP) is 1.41. The molecule has 1 unspecified atom stereocenters. The van der Waals surface area contributed by atoms with E-state index in [9.17, 15) is 14.0 Å². The molecule has 0 spiro atoms. The van der Waals surface area contributed by atoms with Crippen molar-refractivity contribution >= 4 is 18.1 Å². The second-order valence-corrected chi connectivity index (χ2v) is 4.49. The summed E-state index contributed by atoms with van der Waals surface area (Å²) in [5.41, 5.74) is -0.606. The average Bonchev–Trinajstić information content (AvgIpc) is 2.79. The third-order valence-electron chi connectivity index (χ3n) is 3.18. The summed E-state index contributed by atoms with van der Waals surface area (Å²) in [4.78, 5) is 29.5. The quantitative estimate of drug-likeness (QED) is 0.606. The normalized spacial score (nSPS) is 20.7. The van der Waals surface area contributed by atoms with Gasteiger partial charge in [-0.2, -0.15) is 0 Å². The molecule has 112 valence electrons.